The Labute approximate surface area is 185 Å². The van der Waals surface area contributed by atoms with Crippen molar-refractivity contribution in [2.24, 2.45) is 0 Å². The Kier molecular flexibility index (Phi) is 7.50. The van der Waals surface area contributed by atoms with Crippen molar-refractivity contribution in [2.45, 2.75) is 11.8 Å². The number of hydrogen-bond acceptors (Lipinski definition) is 6. The maximum absolute atomic E-state index is 12.7. The number of benzene rings is 2. The molecule has 31 heavy (non-hydrogen) atoms. The third-order valence-corrected chi connectivity index (χ3v) is 6.53. The van der Waals surface area contributed by atoms with E-state index in [0.717, 1.165) is 0 Å². The van der Waals surface area contributed by atoms with E-state index in [4.69, 9.17) is 21.1 Å². The zero-order chi connectivity index (χ0) is 22.4. The molecule has 2 amide bonds. The number of nitrogens with zero attached hydrogens (tertiary/aromatic N) is 1. The molecule has 0 unspecified atom stereocenters. The van der Waals surface area contributed by atoms with Gasteiger partial charge < -0.3 is 20.1 Å². The van der Waals surface area contributed by atoms with Crippen LogP contribution in [0.5, 0.6) is 5.75 Å². The molecule has 1 saturated heterocycles. The number of carbonyl (C=O) groups excluding carboxylic acids is 2. The summed E-state index contributed by atoms with van der Waals surface area (Å²) in [5, 5.41) is 5.36. The Bertz CT molecular complexity index is 1070. The van der Waals surface area contributed by atoms with Gasteiger partial charge in [0.15, 0.2) is 6.61 Å². The Morgan fingerprint density at radius 3 is 2.42 bits per heavy atom. The van der Waals surface area contributed by atoms with Crippen LogP contribution in [0, 0.1) is 0 Å². The van der Waals surface area contributed by atoms with Gasteiger partial charge in [0.25, 0.3) is 5.91 Å². The summed E-state index contributed by atoms with van der Waals surface area (Å²) in [6.45, 7) is 2.30. The highest BCUT2D eigenvalue weighted by Gasteiger charge is 2.27. The molecule has 0 saturated carbocycles. The van der Waals surface area contributed by atoms with Gasteiger partial charge in [-0.1, -0.05) is 17.7 Å². The maximum atomic E-state index is 12.7. The second-order valence-electron chi connectivity index (χ2n) is 6.71. The molecule has 11 heteroatoms. The first-order valence-electron chi connectivity index (χ1n) is 9.43. The molecule has 1 heterocycles. The van der Waals surface area contributed by atoms with E-state index in [1.54, 1.807) is 24.3 Å². The lowest BCUT2D eigenvalue weighted by Gasteiger charge is -2.26. The maximum Gasteiger partial charge on any atom is 0.262 e. The van der Waals surface area contributed by atoms with Gasteiger partial charge in [0.1, 0.15) is 5.75 Å². The molecule has 0 aliphatic carbocycles. The molecule has 2 N–H and O–H groups in total. The molecule has 0 bridgehead atoms. The standard InChI is InChI=1S/C20H22ClN3O6S/c1-14(25)22-15-3-2-4-16(11-15)23-20(26)13-30-19-6-5-17(12-18(19)21)31(27,28)24-7-9-29-10-8-24/h2-6,11-12H,7-10,13H2,1H3,(H,22,25)(H,23,26). The molecule has 0 aromatic heterocycles. The van der Waals surface area contributed by atoms with E-state index in [1.165, 1.54) is 29.4 Å². The number of morpholine rings is 1. The van der Waals surface area contributed by atoms with Gasteiger partial charge in [-0.2, -0.15) is 4.31 Å². The van der Waals surface area contributed by atoms with Crippen molar-refractivity contribution in [3.63, 3.8) is 0 Å². The molecule has 1 aliphatic rings. The van der Waals surface area contributed by atoms with Crippen LogP contribution in [0.2, 0.25) is 5.02 Å². The Morgan fingerprint density at radius 2 is 1.77 bits per heavy atom. The number of hydrogen-bond donors (Lipinski definition) is 2. The molecular weight excluding hydrogens is 446 g/mol. The molecule has 0 atom stereocenters. The van der Waals surface area contributed by atoms with Gasteiger partial charge in [0, 0.05) is 31.4 Å². The SMILES string of the molecule is CC(=O)Nc1cccc(NC(=O)COc2ccc(S(=O)(=O)N3CCOCC3)cc2Cl)c1. The summed E-state index contributed by atoms with van der Waals surface area (Å²) < 4.78 is 37.4. The summed E-state index contributed by atoms with van der Waals surface area (Å²) in [6, 6.07) is 10.8. The highest BCUT2D eigenvalue weighted by molar-refractivity contribution is 7.89. The molecule has 2 aromatic carbocycles. The first-order chi connectivity index (χ1) is 14.8. The molecule has 0 spiro atoms. The van der Waals surface area contributed by atoms with Crippen LogP contribution in [0.4, 0.5) is 11.4 Å². The van der Waals surface area contributed by atoms with Crippen LogP contribution in [0.25, 0.3) is 0 Å². The molecule has 1 fully saturated rings. The van der Waals surface area contributed by atoms with Gasteiger partial charge >= 0.3 is 0 Å². The molecular formula is C20H22ClN3O6S. The van der Waals surface area contributed by atoms with Crippen LogP contribution >= 0.6 is 11.6 Å². The Balaban J connectivity index is 1.60. The number of ether oxygens (including phenoxy) is 2. The van der Waals surface area contributed by atoms with Gasteiger partial charge in [-0.05, 0) is 36.4 Å². The average molecular weight is 468 g/mol. The molecule has 166 valence electrons. The van der Waals surface area contributed by atoms with Crippen LogP contribution in [-0.2, 0) is 24.3 Å². The minimum Gasteiger partial charge on any atom is -0.482 e. The predicted molar refractivity (Wildman–Crippen MR) is 116 cm³/mol. The average Bonchev–Trinajstić information content (AvgIpc) is 2.73. The van der Waals surface area contributed by atoms with Crippen molar-refractivity contribution in [2.75, 3.05) is 43.5 Å². The molecule has 2 aromatic rings. The molecule has 1 aliphatic heterocycles. The van der Waals surface area contributed by atoms with Crippen LogP contribution in [0.3, 0.4) is 0 Å². The second-order valence-corrected chi connectivity index (χ2v) is 9.05. The van der Waals surface area contributed by atoms with E-state index in [2.05, 4.69) is 10.6 Å². The smallest absolute Gasteiger partial charge is 0.262 e. The van der Waals surface area contributed by atoms with Crippen molar-refractivity contribution in [1.29, 1.82) is 0 Å². The lowest BCUT2D eigenvalue weighted by atomic mass is 10.2. The fraction of sp³-hybridized carbons (Fsp3) is 0.300. The van der Waals surface area contributed by atoms with E-state index in [0.29, 0.717) is 24.6 Å². The van der Waals surface area contributed by atoms with E-state index in [1.807, 2.05) is 0 Å². The first-order valence-corrected chi connectivity index (χ1v) is 11.3. The number of sulfonamides is 1. The minimum absolute atomic E-state index is 0.0472. The van der Waals surface area contributed by atoms with Gasteiger partial charge in [-0.3, -0.25) is 9.59 Å². The second kappa shape index (κ2) is 10.1. The summed E-state index contributed by atoms with van der Waals surface area (Å²) in [4.78, 5) is 23.4. The molecule has 0 radical (unpaired) electrons. The zero-order valence-electron chi connectivity index (χ0n) is 16.8. The zero-order valence-corrected chi connectivity index (χ0v) is 18.3. The van der Waals surface area contributed by atoms with Crippen LogP contribution in [0.15, 0.2) is 47.4 Å². The monoisotopic (exact) mass is 467 g/mol. The van der Waals surface area contributed by atoms with Gasteiger partial charge in [-0.15, -0.1) is 0 Å². The van der Waals surface area contributed by atoms with Crippen LogP contribution in [0.1, 0.15) is 6.92 Å². The predicted octanol–water partition coefficient (Wildman–Crippen LogP) is 2.34. The van der Waals surface area contributed by atoms with E-state index in [-0.39, 0.29) is 41.3 Å². The first kappa shape index (κ1) is 23.0. The summed E-state index contributed by atoms with van der Waals surface area (Å²) >= 11 is 6.18. The van der Waals surface area contributed by atoms with Gasteiger partial charge in [-0.25, -0.2) is 8.42 Å². The van der Waals surface area contributed by atoms with Crippen molar-refractivity contribution in [3.8, 4) is 5.75 Å². The highest BCUT2D eigenvalue weighted by Crippen LogP contribution is 2.29. The van der Waals surface area contributed by atoms with Crippen molar-refractivity contribution < 1.29 is 27.5 Å². The number of rotatable bonds is 7. The van der Waals surface area contributed by atoms with E-state index < -0.39 is 15.9 Å². The van der Waals surface area contributed by atoms with Crippen molar-refractivity contribution in [1.82, 2.24) is 4.31 Å². The van der Waals surface area contributed by atoms with Crippen LogP contribution in [-0.4, -0.2) is 57.4 Å². The minimum atomic E-state index is -3.68. The number of halogens is 1. The quantitative estimate of drug-likeness (QED) is 0.646. The summed E-state index contributed by atoms with van der Waals surface area (Å²) in [5.41, 5.74) is 1.03. The largest absolute Gasteiger partial charge is 0.482 e. The number of anilines is 2. The van der Waals surface area contributed by atoms with Gasteiger partial charge in [0.05, 0.1) is 23.1 Å². The lowest BCUT2D eigenvalue weighted by molar-refractivity contribution is -0.118. The topological polar surface area (TPSA) is 114 Å². The number of amides is 2. The van der Waals surface area contributed by atoms with E-state index >= 15 is 0 Å². The van der Waals surface area contributed by atoms with Crippen molar-refractivity contribution >= 4 is 44.8 Å². The van der Waals surface area contributed by atoms with Crippen molar-refractivity contribution in [3.05, 3.63) is 47.5 Å². The number of carbonyl (C=O) groups is 2. The normalized spacial score (nSPS) is 14.6. The summed E-state index contributed by atoms with van der Waals surface area (Å²) in [5.74, 6) is -0.480. The highest BCUT2D eigenvalue weighted by atomic mass is 35.5. The number of nitrogens with one attached hydrogen (secondary N) is 2. The fourth-order valence-corrected chi connectivity index (χ4v) is 4.65. The third-order valence-electron chi connectivity index (χ3n) is 4.34. The molecule has 9 nitrogen and oxygen atoms in total. The fourth-order valence-electron chi connectivity index (χ4n) is 2.91. The third kappa shape index (κ3) is 6.17. The Morgan fingerprint density at radius 1 is 1.10 bits per heavy atom. The lowest BCUT2D eigenvalue weighted by Crippen LogP contribution is -2.40. The summed E-state index contributed by atoms with van der Waals surface area (Å²) in [6.07, 6.45) is 0. The van der Waals surface area contributed by atoms with Crippen LogP contribution < -0.4 is 15.4 Å². The van der Waals surface area contributed by atoms with Gasteiger partial charge in [0.2, 0.25) is 15.9 Å². The Hall–Kier alpha value is -2.66. The summed E-state index contributed by atoms with van der Waals surface area (Å²) in [7, 11) is -3.68. The molecule has 3 rings (SSSR count). The van der Waals surface area contributed by atoms with E-state index in [9.17, 15) is 18.0 Å².